The Hall–Kier alpha value is -2.18. The first-order valence-corrected chi connectivity index (χ1v) is 27.9. The van der Waals surface area contributed by atoms with Crippen LogP contribution in [0.4, 0.5) is 0 Å². The molecule has 0 aromatic rings. The van der Waals surface area contributed by atoms with Crippen LogP contribution in [0.15, 0.2) is 48.6 Å². The van der Waals surface area contributed by atoms with Crippen molar-refractivity contribution in [2.75, 3.05) is 6.61 Å². The normalized spacial score (nSPS) is 13.5. The van der Waals surface area contributed by atoms with E-state index in [-0.39, 0.29) is 24.9 Å². The summed E-state index contributed by atoms with van der Waals surface area (Å²) in [6.45, 7) is 6.44. The number of aliphatic hydroxyl groups is 2. The molecule has 374 valence electrons. The highest BCUT2D eigenvalue weighted by atomic mass is 16.5. The number of carbonyl (C=O) groups is 2. The lowest BCUT2D eigenvalue weighted by Gasteiger charge is -2.24. The first-order valence-electron chi connectivity index (χ1n) is 27.9. The van der Waals surface area contributed by atoms with E-state index in [4.69, 9.17) is 4.74 Å². The van der Waals surface area contributed by atoms with E-state index in [0.29, 0.717) is 19.3 Å². The van der Waals surface area contributed by atoms with E-state index < -0.39 is 18.2 Å². The Labute approximate surface area is 397 Å². The van der Waals surface area contributed by atoms with Gasteiger partial charge < -0.3 is 20.3 Å². The first-order chi connectivity index (χ1) is 31.5. The Bertz CT molecular complexity index is 1100. The van der Waals surface area contributed by atoms with Gasteiger partial charge in [0.25, 0.3) is 0 Å². The standard InChI is InChI=1S/C58H107NO5/c1-4-7-10-13-16-19-22-25-27-28-30-33-36-39-42-45-48-51-58(63)64-54(49-46-43-40-37-34-31-24-21-18-15-12-9-6-3)52-57(62)59-55(53-60)56(61)50-47-44-41-38-35-32-29-26-23-20-17-14-11-8-5-2/h16,18-19,21,24-25,27,31,54-56,60-61H,4-15,17,20,22-23,26,28-30,32-53H2,1-3H3,(H,59,62)/b19-16-,21-18+,27-25-,31-24+. The van der Waals surface area contributed by atoms with Gasteiger partial charge in [-0.3, -0.25) is 9.59 Å². The fourth-order valence-electron chi connectivity index (χ4n) is 8.39. The minimum Gasteiger partial charge on any atom is -0.462 e. The number of rotatable bonds is 50. The molecule has 0 aromatic carbocycles. The van der Waals surface area contributed by atoms with Crippen molar-refractivity contribution in [3.05, 3.63) is 48.6 Å². The van der Waals surface area contributed by atoms with Crippen molar-refractivity contribution in [1.82, 2.24) is 5.32 Å². The number of nitrogens with one attached hydrogen (secondary N) is 1. The van der Waals surface area contributed by atoms with Crippen LogP contribution >= 0.6 is 0 Å². The Kier molecular flexibility index (Phi) is 50.0. The third kappa shape index (κ3) is 46.4. The average molecular weight is 898 g/mol. The monoisotopic (exact) mass is 898 g/mol. The third-order valence-corrected chi connectivity index (χ3v) is 12.7. The second-order valence-corrected chi connectivity index (χ2v) is 19.0. The number of hydrogen-bond acceptors (Lipinski definition) is 5. The number of carbonyl (C=O) groups excluding carboxylic acids is 2. The van der Waals surface area contributed by atoms with E-state index in [9.17, 15) is 19.8 Å². The minimum atomic E-state index is -0.795. The first kappa shape index (κ1) is 61.8. The highest BCUT2D eigenvalue weighted by Gasteiger charge is 2.24. The van der Waals surface area contributed by atoms with Gasteiger partial charge in [0.15, 0.2) is 0 Å². The van der Waals surface area contributed by atoms with E-state index in [1.807, 2.05) is 0 Å². The zero-order valence-electron chi connectivity index (χ0n) is 42.7. The van der Waals surface area contributed by atoms with E-state index in [0.717, 1.165) is 89.9 Å². The van der Waals surface area contributed by atoms with Crippen molar-refractivity contribution in [2.45, 2.75) is 302 Å². The van der Waals surface area contributed by atoms with Gasteiger partial charge in [-0.05, 0) is 83.5 Å². The van der Waals surface area contributed by atoms with Gasteiger partial charge in [-0.1, -0.05) is 236 Å². The number of aliphatic hydroxyl groups excluding tert-OH is 2. The molecule has 1 amide bonds. The van der Waals surface area contributed by atoms with Crippen molar-refractivity contribution in [2.24, 2.45) is 0 Å². The molecule has 6 heteroatoms. The maximum atomic E-state index is 13.2. The van der Waals surface area contributed by atoms with Crippen LogP contribution in [-0.4, -0.2) is 46.9 Å². The molecule has 3 atom stereocenters. The molecule has 64 heavy (non-hydrogen) atoms. The summed E-state index contributed by atoms with van der Waals surface area (Å²) in [4.78, 5) is 26.2. The molecule has 0 saturated carbocycles. The molecule has 0 radical (unpaired) electrons. The molecule has 0 aromatic heterocycles. The quantitative estimate of drug-likeness (QED) is 0.0245. The Morgan fingerprint density at radius 3 is 1.31 bits per heavy atom. The van der Waals surface area contributed by atoms with Crippen molar-refractivity contribution in [3.8, 4) is 0 Å². The number of hydrogen-bond donors (Lipinski definition) is 3. The zero-order valence-corrected chi connectivity index (χ0v) is 42.7. The molecule has 0 aliphatic carbocycles. The van der Waals surface area contributed by atoms with Crippen LogP contribution in [0.5, 0.6) is 0 Å². The SMILES string of the molecule is CCCCC/C=C\C/C=C\CCCCCCCCCC(=O)OC(CCCCCC/C=C/C=C/CCCCC)CC(=O)NC(CO)C(O)CCCCCCCCCCCCCCCCC. The molecule has 3 N–H and O–H groups in total. The summed E-state index contributed by atoms with van der Waals surface area (Å²) in [5.41, 5.74) is 0. The van der Waals surface area contributed by atoms with Crippen LogP contribution in [0.1, 0.15) is 284 Å². The smallest absolute Gasteiger partial charge is 0.306 e. The van der Waals surface area contributed by atoms with E-state index in [1.54, 1.807) is 0 Å². The van der Waals surface area contributed by atoms with Crippen LogP contribution in [0.2, 0.25) is 0 Å². The van der Waals surface area contributed by atoms with Gasteiger partial charge in [-0.15, -0.1) is 0 Å². The molecular formula is C58H107NO5. The molecule has 6 nitrogen and oxygen atoms in total. The number of ether oxygens (including phenoxy) is 1. The lowest BCUT2D eigenvalue weighted by molar-refractivity contribution is -0.151. The molecule has 0 rings (SSSR count). The van der Waals surface area contributed by atoms with Crippen molar-refractivity contribution in [3.63, 3.8) is 0 Å². The third-order valence-electron chi connectivity index (χ3n) is 12.7. The van der Waals surface area contributed by atoms with Crippen molar-refractivity contribution in [1.29, 1.82) is 0 Å². The summed E-state index contributed by atoms with van der Waals surface area (Å²) in [5, 5.41) is 23.8. The molecule has 0 aliphatic rings. The highest BCUT2D eigenvalue weighted by Crippen LogP contribution is 2.18. The van der Waals surface area contributed by atoms with E-state index in [2.05, 4.69) is 74.7 Å². The van der Waals surface area contributed by atoms with E-state index >= 15 is 0 Å². The summed E-state index contributed by atoms with van der Waals surface area (Å²) in [7, 11) is 0. The largest absolute Gasteiger partial charge is 0.462 e. The fraction of sp³-hybridized carbons (Fsp3) is 0.828. The predicted molar refractivity (Wildman–Crippen MR) is 278 cm³/mol. The summed E-state index contributed by atoms with van der Waals surface area (Å²) in [5.74, 6) is -0.495. The average Bonchev–Trinajstić information content (AvgIpc) is 3.29. The van der Waals surface area contributed by atoms with Gasteiger partial charge in [0.05, 0.1) is 25.2 Å². The molecule has 0 fully saturated rings. The van der Waals surface area contributed by atoms with Crippen molar-refractivity contribution < 1.29 is 24.5 Å². The minimum absolute atomic E-state index is 0.0617. The number of amides is 1. The lowest BCUT2D eigenvalue weighted by atomic mass is 10.0. The number of esters is 1. The fourth-order valence-corrected chi connectivity index (χ4v) is 8.39. The van der Waals surface area contributed by atoms with Gasteiger partial charge in [0.1, 0.15) is 6.10 Å². The Morgan fingerprint density at radius 2 is 0.844 bits per heavy atom. The van der Waals surface area contributed by atoms with Crippen molar-refractivity contribution >= 4 is 11.9 Å². The summed E-state index contributed by atoms with van der Waals surface area (Å²) in [6, 6.07) is -0.710. The molecular weight excluding hydrogens is 791 g/mol. The van der Waals surface area contributed by atoms with Gasteiger partial charge in [0, 0.05) is 6.42 Å². The maximum absolute atomic E-state index is 13.2. The molecule has 0 spiro atoms. The Balaban J connectivity index is 4.56. The van der Waals surface area contributed by atoms with Gasteiger partial charge in [0.2, 0.25) is 5.91 Å². The summed E-state index contributed by atoms with van der Waals surface area (Å²) < 4.78 is 5.94. The number of allylic oxidation sites excluding steroid dienone is 8. The molecule has 0 bridgehead atoms. The Morgan fingerprint density at radius 1 is 0.469 bits per heavy atom. The highest BCUT2D eigenvalue weighted by molar-refractivity contribution is 5.77. The molecule has 0 aliphatic heterocycles. The van der Waals surface area contributed by atoms with Crippen LogP contribution < -0.4 is 5.32 Å². The second-order valence-electron chi connectivity index (χ2n) is 19.0. The van der Waals surface area contributed by atoms with Crippen LogP contribution in [0.3, 0.4) is 0 Å². The maximum Gasteiger partial charge on any atom is 0.306 e. The summed E-state index contributed by atoms with van der Waals surface area (Å²) >= 11 is 0. The summed E-state index contributed by atoms with van der Waals surface area (Å²) in [6.07, 6.45) is 63.1. The van der Waals surface area contributed by atoms with Crippen LogP contribution in [-0.2, 0) is 14.3 Å². The van der Waals surface area contributed by atoms with Gasteiger partial charge in [-0.25, -0.2) is 0 Å². The van der Waals surface area contributed by atoms with Gasteiger partial charge >= 0.3 is 5.97 Å². The predicted octanol–water partition coefficient (Wildman–Crippen LogP) is 17.0. The zero-order chi connectivity index (χ0) is 46.7. The lowest BCUT2D eigenvalue weighted by Crippen LogP contribution is -2.46. The number of unbranched alkanes of at least 4 members (excludes halogenated alkanes) is 31. The topological polar surface area (TPSA) is 95.9 Å². The van der Waals surface area contributed by atoms with Crippen LogP contribution in [0.25, 0.3) is 0 Å². The molecule has 0 saturated heterocycles. The van der Waals surface area contributed by atoms with E-state index in [1.165, 1.54) is 148 Å². The second kappa shape index (κ2) is 51.8. The molecule has 0 heterocycles. The molecule has 3 unspecified atom stereocenters. The van der Waals surface area contributed by atoms with Gasteiger partial charge in [-0.2, -0.15) is 0 Å². The van der Waals surface area contributed by atoms with Crippen LogP contribution in [0, 0.1) is 0 Å².